The first-order chi connectivity index (χ1) is 9.22. The Balaban J connectivity index is 2.12. The van der Waals surface area contributed by atoms with Crippen LogP contribution in [0, 0.1) is 10.1 Å². The quantitative estimate of drug-likeness (QED) is 0.661. The molecule has 104 valence electrons. The Morgan fingerprint density at radius 3 is 3.05 bits per heavy atom. The lowest BCUT2D eigenvalue weighted by Gasteiger charge is -2.31. The summed E-state index contributed by atoms with van der Waals surface area (Å²) in [6, 6.07) is 3.38. The van der Waals surface area contributed by atoms with Crippen molar-refractivity contribution >= 4 is 23.3 Å². The summed E-state index contributed by atoms with van der Waals surface area (Å²) in [6.45, 7) is 2.15. The summed E-state index contributed by atoms with van der Waals surface area (Å²) in [5, 5.41) is 14.8. The molecule has 0 radical (unpaired) electrons. The number of pyridine rings is 1. The van der Waals surface area contributed by atoms with E-state index in [9.17, 15) is 10.1 Å². The van der Waals surface area contributed by atoms with Crippen LogP contribution >= 0.6 is 11.8 Å². The molecule has 0 aliphatic heterocycles. The van der Waals surface area contributed by atoms with Crippen molar-refractivity contribution in [2.75, 3.05) is 11.1 Å². The zero-order valence-electron chi connectivity index (χ0n) is 11.0. The Morgan fingerprint density at radius 1 is 1.53 bits per heavy atom. The van der Waals surface area contributed by atoms with Crippen LogP contribution in [0.3, 0.4) is 0 Å². The lowest BCUT2D eigenvalue weighted by molar-refractivity contribution is -0.384. The number of hydrogen-bond acceptors (Lipinski definition) is 5. The first-order valence-electron chi connectivity index (χ1n) is 6.70. The van der Waals surface area contributed by atoms with E-state index in [1.54, 1.807) is 12.3 Å². The smallest absolute Gasteiger partial charge is 0.311 e. The summed E-state index contributed by atoms with van der Waals surface area (Å²) in [5.41, 5.74) is 0.0633. The number of nitrogens with zero attached hydrogens (tertiary/aromatic N) is 2. The van der Waals surface area contributed by atoms with Crippen LogP contribution < -0.4 is 5.32 Å². The van der Waals surface area contributed by atoms with Crippen molar-refractivity contribution in [3.8, 4) is 0 Å². The minimum Gasteiger partial charge on any atom is -0.360 e. The summed E-state index contributed by atoms with van der Waals surface area (Å²) in [4.78, 5) is 14.7. The average molecular weight is 281 g/mol. The number of hydrogen-bond donors (Lipinski definition) is 1. The van der Waals surface area contributed by atoms with Crippen molar-refractivity contribution in [1.29, 1.82) is 0 Å². The van der Waals surface area contributed by atoms with Gasteiger partial charge in [-0.05, 0) is 24.7 Å². The molecule has 1 N–H and O–H groups in total. The van der Waals surface area contributed by atoms with Crippen LogP contribution in [-0.2, 0) is 0 Å². The fourth-order valence-corrected chi connectivity index (χ4v) is 3.70. The molecule has 0 unspecified atom stereocenters. The molecule has 0 amide bonds. The minimum absolute atomic E-state index is 0.0633. The van der Waals surface area contributed by atoms with E-state index in [4.69, 9.17) is 0 Å². The number of nitrogens with one attached hydrogen (secondary N) is 1. The Hall–Kier alpha value is -1.30. The third-order valence-corrected chi connectivity index (χ3v) is 4.71. The van der Waals surface area contributed by atoms with Gasteiger partial charge in [0.15, 0.2) is 0 Å². The number of aromatic nitrogens is 1. The van der Waals surface area contributed by atoms with Crippen LogP contribution in [0.4, 0.5) is 11.5 Å². The Morgan fingerprint density at radius 2 is 2.32 bits per heavy atom. The van der Waals surface area contributed by atoms with E-state index in [0.29, 0.717) is 11.1 Å². The SMILES string of the molecule is CCS[C@H]1CCCC[C@H]1Nc1ncccc1[N+](=O)[O-]. The summed E-state index contributed by atoms with van der Waals surface area (Å²) < 4.78 is 0. The number of nitro groups is 1. The Bertz CT molecular complexity index is 440. The second-order valence-corrected chi connectivity index (χ2v) is 6.17. The summed E-state index contributed by atoms with van der Waals surface area (Å²) in [6.07, 6.45) is 6.27. The van der Waals surface area contributed by atoms with Crippen LogP contribution in [0.25, 0.3) is 0 Å². The van der Waals surface area contributed by atoms with Gasteiger partial charge in [-0.15, -0.1) is 0 Å². The van der Waals surface area contributed by atoms with Gasteiger partial charge < -0.3 is 5.32 Å². The molecule has 1 aliphatic rings. The Labute approximate surface area is 117 Å². The molecule has 0 aromatic carbocycles. The van der Waals surface area contributed by atoms with Gasteiger partial charge in [0.25, 0.3) is 0 Å². The van der Waals surface area contributed by atoms with E-state index in [2.05, 4.69) is 17.2 Å². The standard InChI is InChI=1S/C13H19N3O2S/c1-2-19-12-8-4-3-6-10(12)15-13-11(16(17)18)7-5-9-14-13/h5,7,9-10,12H,2-4,6,8H2,1H3,(H,14,15)/t10-,12+/m1/s1. The number of thioether (sulfide) groups is 1. The van der Waals surface area contributed by atoms with E-state index in [0.717, 1.165) is 12.2 Å². The van der Waals surface area contributed by atoms with Crippen LogP contribution in [0.2, 0.25) is 0 Å². The number of rotatable bonds is 5. The van der Waals surface area contributed by atoms with Crippen LogP contribution in [0.15, 0.2) is 18.3 Å². The van der Waals surface area contributed by atoms with Crippen molar-refractivity contribution in [2.45, 2.75) is 43.9 Å². The molecule has 1 fully saturated rings. The van der Waals surface area contributed by atoms with Gasteiger partial charge in [0.2, 0.25) is 5.82 Å². The van der Waals surface area contributed by atoms with E-state index in [-0.39, 0.29) is 16.7 Å². The zero-order valence-corrected chi connectivity index (χ0v) is 11.9. The average Bonchev–Trinajstić information content (AvgIpc) is 2.42. The Kier molecular flexibility index (Phi) is 5.01. The molecule has 1 aliphatic carbocycles. The molecule has 19 heavy (non-hydrogen) atoms. The van der Waals surface area contributed by atoms with Crippen LogP contribution in [0.1, 0.15) is 32.6 Å². The fourth-order valence-electron chi connectivity index (χ4n) is 2.51. The molecule has 1 saturated carbocycles. The van der Waals surface area contributed by atoms with E-state index < -0.39 is 0 Å². The molecule has 1 heterocycles. The van der Waals surface area contributed by atoms with Gasteiger partial charge in [-0.3, -0.25) is 10.1 Å². The van der Waals surface area contributed by atoms with Gasteiger partial charge in [-0.25, -0.2) is 4.98 Å². The molecule has 1 aromatic rings. The van der Waals surface area contributed by atoms with Gasteiger partial charge in [0.05, 0.1) is 4.92 Å². The predicted molar refractivity (Wildman–Crippen MR) is 78.7 cm³/mol. The second kappa shape index (κ2) is 6.75. The molecule has 6 heteroatoms. The van der Waals surface area contributed by atoms with Crippen molar-refractivity contribution in [3.05, 3.63) is 28.4 Å². The lowest BCUT2D eigenvalue weighted by atomic mass is 9.95. The highest BCUT2D eigenvalue weighted by molar-refractivity contribution is 7.99. The summed E-state index contributed by atoms with van der Waals surface area (Å²) >= 11 is 1.93. The predicted octanol–water partition coefficient (Wildman–Crippen LogP) is 3.47. The lowest BCUT2D eigenvalue weighted by Crippen LogP contribution is -2.35. The second-order valence-electron chi connectivity index (χ2n) is 4.66. The molecule has 0 bridgehead atoms. The maximum Gasteiger partial charge on any atom is 0.311 e. The molecule has 2 rings (SSSR count). The van der Waals surface area contributed by atoms with Gasteiger partial charge in [-0.2, -0.15) is 11.8 Å². The molecule has 0 saturated heterocycles. The molecule has 5 nitrogen and oxygen atoms in total. The van der Waals surface area contributed by atoms with Crippen molar-refractivity contribution in [1.82, 2.24) is 4.98 Å². The molecule has 1 aromatic heterocycles. The van der Waals surface area contributed by atoms with E-state index >= 15 is 0 Å². The first-order valence-corrected chi connectivity index (χ1v) is 7.74. The van der Waals surface area contributed by atoms with Gasteiger partial charge >= 0.3 is 5.69 Å². The fraction of sp³-hybridized carbons (Fsp3) is 0.615. The maximum atomic E-state index is 11.0. The van der Waals surface area contributed by atoms with Crippen LogP contribution in [-0.4, -0.2) is 27.0 Å². The first kappa shape index (κ1) is 14.1. The third-order valence-electron chi connectivity index (χ3n) is 3.39. The van der Waals surface area contributed by atoms with Gasteiger partial charge in [-0.1, -0.05) is 19.8 Å². The third kappa shape index (κ3) is 3.59. The molecular formula is C13H19N3O2S. The largest absolute Gasteiger partial charge is 0.360 e. The van der Waals surface area contributed by atoms with E-state index in [1.165, 1.54) is 25.3 Å². The molecule has 0 spiro atoms. The summed E-state index contributed by atoms with van der Waals surface area (Å²) in [7, 11) is 0. The normalized spacial score (nSPS) is 23.0. The summed E-state index contributed by atoms with van der Waals surface area (Å²) in [5.74, 6) is 1.48. The molecule has 2 atom stereocenters. The van der Waals surface area contributed by atoms with Gasteiger partial charge in [0.1, 0.15) is 0 Å². The highest BCUT2D eigenvalue weighted by atomic mass is 32.2. The monoisotopic (exact) mass is 281 g/mol. The maximum absolute atomic E-state index is 11.0. The van der Waals surface area contributed by atoms with E-state index in [1.807, 2.05) is 11.8 Å². The highest BCUT2D eigenvalue weighted by Gasteiger charge is 2.27. The molecular weight excluding hydrogens is 262 g/mol. The van der Waals surface area contributed by atoms with Gasteiger partial charge in [0, 0.05) is 23.6 Å². The number of anilines is 1. The minimum atomic E-state index is -0.375. The zero-order chi connectivity index (χ0) is 13.7. The van der Waals surface area contributed by atoms with Crippen molar-refractivity contribution in [3.63, 3.8) is 0 Å². The van der Waals surface area contributed by atoms with Crippen LogP contribution in [0.5, 0.6) is 0 Å². The van der Waals surface area contributed by atoms with Crippen molar-refractivity contribution < 1.29 is 4.92 Å². The van der Waals surface area contributed by atoms with Crippen molar-refractivity contribution in [2.24, 2.45) is 0 Å². The highest BCUT2D eigenvalue weighted by Crippen LogP contribution is 2.32. The topological polar surface area (TPSA) is 68.1 Å².